The lowest BCUT2D eigenvalue weighted by atomic mass is 9.88. The number of carbonyl (C=O) groups is 3. The molecule has 1 unspecified atom stereocenters. The van der Waals surface area contributed by atoms with E-state index >= 15 is 0 Å². The maximum absolute atomic E-state index is 12.5. The van der Waals surface area contributed by atoms with Crippen LogP contribution in [0.4, 0.5) is 5.69 Å². The van der Waals surface area contributed by atoms with Gasteiger partial charge in [0.1, 0.15) is 11.9 Å². The molecule has 0 aliphatic carbocycles. The van der Waals surface area contributed by atoms with Crippen LogP contribution in [-0.4, -0.2) is 64.4 Å². The van der Waals surface area contributed by atoms with E-state index in [0.29, 0.717) is 38.0 Å². The molecule has 3 rings (SSSR count). The number of rotatable bonds is 8. The summed E-state index contributed by atoms with van der Waals surface area (Å²) in [5.74, 6) is -1.04. The molecule has 1 fully saturated rings. The van der Waals surface area contributed by atoms with Gasteiger partial charge in [0.15, 0.2) is 0 Å². The highest BCUT2D eigenvalue weighted by molar-refractivity contribution is 5.92. The second-order valence-corrected chi connectivity index (χ2v) is 10.1. The molecule has 0 saturated carbocycles. The second kappa shape index (κ2) is 12.3. The SMILES string of the molecule is CC.CNC(=O)C(CCC=O)c1nn(C)c2cc(N3CCC(O)(CC(=O)OC(C)(C)C)CC3)ccc12. The fourth-order valence-electron chi connectivity index (χ4n) is 4.53. The number of nitrogens with one attached hydrogen (secondary N) is 1. The molecule has 9 heteroatoms. The topological polar surface area (TPSA) is 114 Å². The lowest BCUT2D eigenvalue weighted by molar-refractivity contribution is -0.161. The van der Waals surface area contributed by atoms with Crippen LogP contribution in [0.5, 0.6) is 0 Å². The monoisotopic (exact) mass is 502 g/mol. The molecule has 36 heavy (non-hydrogen) atoms. The van der Waals surface area contributed by atoms with E-state index in [9.17, 15) is 19.5 Å². The maximum Gasteiger partial charge on any atom is 0.309 e. The van der Waals surface area contributed by atoms with Crippen LogP contribution in [0.15, 0.2) is 18.2 Å². The first-order chi connectivity index (χ1) is 17.0. The minimum Gasteiger partial charge on any atom is -0.460 e. The zero-order valence-corrected chi connectivity index (χ0v) is 22.8. The van der Waals surface area contributed by atoms with Gasteiger partial charge in [0.05, 0.1) is 29.2 Å². The number of fused-ring (bicyclic) bond motifs is 1. The molecule has 2 N–H and O–H groups in total. The van der Waals surface area contributed by atoms with Gasteiger partial charge >= 0.3 is 5.97 Å². The van der Waals surface area contributed by atoms with Gasteiger partial charge in [0.2, 0.25) is 5.91 Å². The summed E-state index contributed by atoms with van der Waals surface area (Å²) in [5, 5.41) is 19.1. The molecule has 1 aromatic heterocycles. The number of hydrogen-bond donors (Lipinski definition) is 2. The van der Waals surface area contributed by atoms with Crippen molar-refractivity contribution >= 4 is 34.8 Å². The first-order valence-electron chi connectivity index (χ1n) is 12.8. The molecule has 200 valence electrons. The third-order valence-electron chi connectivity index (χ3n) is 6.28. The highest BCUT2D eigenvalue weighted by Crippen LogP contribution is 2.34. The van der Waals surface area contributed by atoms with Gasteiger partial charge < -0.3 is 24.9 Å². The van der Waals surface area contributed by atoms with Crippen LogP contribution in [0.3, 0.4) is 0 Å². The molecule has 1 amide bonds. The van der Waals surface area contributed by atoms with Gasteiger partial charge in [-0.3, -0.25) is 14.3 Å². The van der Waals surface area contributed by atoms with Crippen LogP contribution in [0.1, 0.15) is 78.3 Å². The van der Waals surface area contributed by atoms with E-state index in [2.05, 4.69) is 15.3 Å². The van der Waals surface area contributed by atoms with E-state index in [1.54, 1.807) is 11.7 Å². The molecule has 9 nitrogen and oxygen atoms in total. The number of hydrogen-bond acceptors (Lipinski definition) is 7. The first-order valence-corrected chi connectivity index (χ1v) is 12.8. The van der Waals surface area contributed by atoms with Crippen molar-refractivity contribution < 1.29 is 24.2 Å². The summed E-state index contributed by atoms with van der Waals surface area (Å²) in [7, 11) is 3.42. The van der Waals surface area contributed by atoms with Gasteiger partial charge in [-0.15, -0.1) is 0 Å². The molecule has 1 saturated heterocycles. The Labute approximate surface area is 214 Å². The summed E-state index contributed by atoms with van der Waals surface area (Å²) in [6.07, 6.45) is 2.42. The van der Waals surface area contributed by atoms with Crippen molar-refractivity contribution in [2.75, 3.05) is 25.0 Å². The van der Waals surface area contributed by atoms with Gasteiger partial charge in [-0.2, -0.15) is 5.10 Å². The summed E-state index contributed by atoms with van der Waals surface area (Å²) in [5.41, 5.74) is 0.904. The highest BCUT2D eigenvalue weighted by Gasteiger charge is 2.36. The van der Waals surface area contributed by atoms with Crippen molar-refractivity contribution in [3.05, 3.63) is 23.9 Å². The molecule has 2 aromatic rings. The fourth-order valence-corrected chi connectivity index (χ4v) is 4.53. The number of nitrogens with zero attached hydrogens (tertiary/aromatic N) is 3. The third kappa shape index (κ3) is 7.29. The minimum atomic E-state index is -1.07. The molecule has 1 aromatic carbocycles. The summed E-state index contributed by atoms with van der Waals surface area (Å²) in [6, 6.07) is 5.99. The summed E-state index contributed by atoms with van der Waals surface area (Å²) < 4.78 is 7.14. The minimum absolute atomic E-state index is 0.0100. The normalized spacial score (nSPS) is 16.1. The van der Waals surface area contributed by atoms with Gasteiger partial charge in [-0.1, -0.05) is 13.8 Å². The number of aldehydes is 1. The Morgan fingerprint density at radius 3 is 2.44 bits per heavy atom. The number of amides is 1. The van der Waals surface area contributed by atoms with Gasteiger partial charge in [0, 0.05) is 44.7 Å². The van der Waals surface area contributed by atoms with E-state index < -0.39 is 17.1 Å². The van der Waals surface area contributed by atoms with Crippen LogP contribution in [-0.2, 0) is 26.2 Å². The Bertz CT molecular complexity index is 1050. The molecule has 1 aliphatic heterocycles. The smallest absolute Gasteiger partial charge is 0.309 e. The lowest BCUT2D eigenvalue weighted by Crippen LogP contribution is -2.46. The number of aliphatic hydroxyl groups is 1. The molecular weight excluding hydrogens is 460 g/mol. The Kier molecular flexibility index (Phi) is 10.0. The van der Waals surface area contributed by atoms with E-state index in [4.69, 9.17) is 4.74 Å². The largest absolute Gasteiger partial charge is 0.460 e. The van der Waals surface area contributed by atoms with Gasteiger partial charge in [-0.05, 0) is 58.2 Å². The van der Waals surface area contributed by atoms with Crippen LogP contribution in [0.25, 0.3) is 10.9 Å². The van der Waals surface area contributed by atoms with Crippen molar-refractivity contribution in [1.29, 1.82) is 0 Å². The second-order valence-electron chi connectivity index (χ2n) is 10.1. The molecular formula is C27H42N4O5. The Morgan fingerprint density at radius 2 is 1.89 bits per heavy atom. The molecule has 1 atom stereocenters. The highest BCUT2D eigenvalue weighted by atomic mass is 16.6. The number of likely N-dealkylation sites (N-methyl/N-ethyl adjacent to an activating group) is 1. The number of esters is 1. The summed E-state index contributed by atoms with van der Waals surface area (Å²) >= 11 is 0. The van der Waals surface area contributed by atoms with Crippen LogP contribution in [0.2, 0.25) is 0 Å². The number of aryl methyl sites for hydroxylation is 1. The molecule has 0 radical (unpaired) electrons. The zero-order valence-electron chi connectivity index (χ0n) is 22.8. The van der Waals surface area contributed by atoms with E-state index in [0.717, 1.165) is 22.9 Å². The number of benzene rings is 1. The third-order valence-corrected chi connectivity index (χ3v) is 6.28. The summed E-state index contributed by atoms with van der Waals surface area (Å²) in [6.45, 7) is 10.7. The fraction of sp³-hybridized carbons (Fsp3) is 0.630. The first kappa shape index (κ1) is 29.3. The van der Waals surface area contributed by atoms with E-state index in [1.165, 1.54) is 0 Å². The van der Waals surface area contributed by atoms with Crippen molar-refractivity contribution in [2.45, 2.75) is 83.8 Å². The number of carbonyl (C=O) groups excluding carboxylic acids is 3. The predicted molar refractivity (Wildman–Crippen MR) is 141 cm³/mol. The van der Waals surface area contributed by atoms with Crippen LogP contribution < -0.4 is 10.2 Å². The van der Waals surface area contributed by atoms with Crippen LogP contribution >= 0.6 is 0 Å². The standard InChI is InChI=1S/C25H36N4O5.C2H6/c1-24(2,3)34-21(31)16-25(33)10-12-29(13-11-25)17-8-9-18-20(15-17)28(5)27-22(18)19(7-6-14-30)23(32)26-4;1-2/h8-9,14-15,19,33H,6-7,10-13,16H2,1-5H3,(H,26,32);1-2H3. The molecule has 2 heterocycles. The number of ether oxygens (including phenoxy) is 1. The Hall–Kier alpha value is -2.94. The predicted octanol–water partition coefficient (Wildman–Crippen LogP) is 3.47. The zero-order chi connectivity index (χ0) is 27.1. The van der Waals surface area contributed by atoms with Crippen molar-refractivity contribution in [1.82, 2.24) is 15.1 Å². The van der Waals surface area contributed by atoms with E-state index in [-0.39, 0.29) is 24.7 Å². The molecule has 1 aliphatic rings. The maximum atomic E-state index is 12.5. The Balaban J connectivity index is 0.00000222. The molecule has 0 bridgehead atoms. The Morgan fingerprint density at radius 1 is 1.25 bits per heavy atom. The van der Waals surface area contributed by atoms with Crippen molar-refractivity contribution in [3.63, 3.8) is 0 Å². The quantitative estimate of drug-likeness (QED) is 0.420. The average molecular weight is 503 g/mol. The number of piperidine rings is 1. The number of aromatic nitrogens is 2. The number of anilines is 1. The van der Waals surface area contributed by atoms with Crippen molar-refractivity contribution in [2.24, 2.45) is 7.05 Å². The van der Waals surface area contributed by atoms with Crippen molar-refractivity contribution in [3.8, 4) is 0 Å². The lowest BCUT2D eigenvalue weighted by Gasteiger charge is -2.39. The van der Waals surface area contributed by atoms with Gasteiger partial charge in [-0.25, -0.2) is 0 Å². The van der Waals surface area contributed by atoms with E-state index in [1.807, 2.05) is 59.9 Å². The molecule has 0 spiro atoms. The van der Waals surface area contributed by atoms with Gasteiger partial charge in [0.25, 0.3) is 0 Å². The average Bonchev–Trinajstić information content (AvgIpc) is 3.15. The summed E-state index contributed by atoms with van der Waals surface area (Å²) in [4.78, 5) is 37.7. The van der Waals surface area contributed by atoms with Crippen LogP contribution in [0, 0.1) is 0 Å².